The molecule has 1 atom stereocenters. The van der Waals surface area contributed by atoms with E-state index in [1.165, 1.54) is 22.1 Å². The van der Waals surface area contributed by atoms with Crippen LogP contribution in [0.4, 0.5) is 0 Å². The molecule has 0 fully saturated rings. The predicted octanol–water partition coefficient (Wildman–Crippen LogP) is 2.80. The molecule has 4 rings (SSSR count). The van der Waals surface area contributed by atoms with Crippen LogP contribution >= 0.6 is 0 Å². The van der Waals surface area contributed by atoms with Crippen LogP contribution in [0.1, 0.15) is 22.6 Å². The van der Waals surface area contributed by atoms with Gasteiger partial charge in [0, 0.05) is 24.4 Å². The first-order valence-corrected chi connectivity index (χ1v) is 6.63. The third-order valence-electron chi connectivity index (χ3n) is 3.96. The van der Waals surface area contributed by atoms with Gasteiger partial charge in [0.2, 0.25) is 0 Å². The first-order chi connectivity index (χ1) is 9.42. The predicted molar refractivity (Wildman–Crippen MR) is 76.1 cm³/mol. The summed E-state index contributed by atoms with van der Waals surface area (Å²) in [6, 6.07) is 15.3. The van der Waals surface area contributed by atoms with Crippen molar-refractivity contribution in [1.82, 2.24) is 15.5 Å². The van der Waals surface area contributed by atoms with Crippen LogP contribution < -0.4 is 5.32 Å². The molecule has 19 heavy (non-hydrogen) atoms. The molecule has 0 saturated carbocycles. The van der Waals surface area contributed by atoms with E-state index in [0.29, 0.717) is 5.92 Å². The maximum absolute atomic E-state index is 4.09. The van der Waals surface area contributed by atoms with Gasteiger partial charge in [-0.2, -0.15) is 5.10 Å². The smallest absolute Gasteiger partial charge is 0.0650 e. The van der Waals surface area contributed by atoms with Gasteiger partial charge in [0.05, 0.1) is 11.7 Å². The molecule has 1 aromatic heterocycles. The zero-order valence-electron chi connectivity index (χ0n) is 10.6. The van der Waals surface area contributed by atoms with Crippen LogP contribution in [0.15, 0.2) is 48.7 Å². The summed E-state index contributed by atoms with van der Waals surface area (Å²) in [6.45, 7) is 1.97. The van der Waals surface area contributed by atoms with Crippen LogP contribution in [0.3, 0.4) is 0 Å². The van der Waals surface area contributed by atoms with Crippen molar-refractivity contribution in [3.63, 3.8) is 0 Å². The molecule has 2 aromatic carbocycles. The summed E-state index contributed by atoms with van der Waals surface area (Å²) in [5.41, 5.74) is 5.31. The van der Waals surface area contributed by atoms with Gasteiger partial charge >= 0.3 is 0 Å². The van der Waals surface area contributed by atoms with Crippen molar-refractivity contribution in [3.05, 3.63) is 65.4 Å². The number of rotatable bonds is 1. The van der Waals surface area contributed by atoms with E-state index in [2.05, 4.69) is 58.0 Å². The molecule has 1 aliphatic heterocycles. The highest BCUT2D eigenvalue weighted by Crippen LogP contribution is 2.31. The van der Waals surface area contributed by atoms with E-state index in [4.69, 9.17) is 0 Å². The monoisotopic (exact) mass is 249 g/mol. The Labute approximate surface area is 111 Å². The standard InChI is InChI=1S/C16H15N3/c1-2-4-14-12(3-1)8-17-10-15(14)11-5-6-16-13(7-11)9-18-19-16/h1-7,9,15,17H,8,10H2,(H,18,19). The summed E-state index contributed by atoms with van der Waals surface area (Å²) >= 11 is 0. The molecule has 2 heterocycles. The van der Waals surface area contributed by atoms with E-state index in [9.17, 15) is 0 Å². The second kappa shape index (κ2) is 4.21. The van der Waals surface area contributed by atoms with E-state index in [0.717, 1.165) is 18.6 Å². The number of hydrogen-bond acceptors (Lipinski definition) is 2. The molecule has 0 aliphatic carbocycles. The fourth-order valence-electron chi connectivity index (χ4n) is 2.97. The number of nitrogens with zero attached hydrogens (tertiary/aromatic N) is 1. The highest BCUT2D eigenvalue weighted by molar-refractivity contribution is 5.78. The van der Waals surface area contributed by atoms with Gasteiger partial charge in [-0.15, -0.1) is 0 Å². The van der Waals surface area contributed by atoms with Crippen molar-refractivity contribution in [2.45, 2.75) is 12.5 Å². The molecule has 2 N–H and O–H groups in total. The molecule has 0 radical (unpaired) electrons. The molecule has 0 saturated heterocycles. The van der Waals surface area contributed by atoms with Crippen LogP contribution in [0, 0.1) is 0 Å². The zero-order chi connectivity index (χ0) is 12.7. The van der Waals surface area contributed by atoms with Crippen molar-refractivity contribution in [2.75, 3.05) is 6.54 Å². The van der Waals surface area contributed by atoms with E-state index < -0.39 is 0 Å². The first kappa shape index (κ1) is 10.8. The molecule has 1 unspecified atom stereocenters. The second-order valence-corrected chi connectivity index (χ2v) is 5.10. The van der Waals surface area contributed by atoms with E-state index in [1.807, 2.05) is 6.20 Å². The van der Waals surface area contributed by atoms with Gasteiger partial charge in [-0.25, -0.2) is 0 Å². The Morgan fingerprint density at radius 2 is 2.05 bits per heavy atom. The van der Waals surface area contributed by atoms with E-state index in [-0.39, 0.29) is 0 Å². The Hall–Kier alpha value is -2.13. The van der Waals surface area contributed by atoms with E-state index >= 15 is 0 Å². The molecule has 94 valence electrons. The molecular weight excluding hydrogens is 234 g/mol. The van der Waals surface area contributed by atoms with Gasteiger partial charge in [-0.05, 0) is 28.8 Å². The van der Waals surface area contributed by atoms with Gasteiger partial charge in [-0.3, -0.25) is 5.10 Å². The van der Waals surface area contributed by atoms with Crippen molar-refractivity contribution in [3.8, 4) is 0 Å². The third kappa shape index (κ3) is 1.74. The molecule has 0 spiro atoms. The molecule has 0 bridgehead atoms. The largest absolute Gasteiger partial charge is 0.312 e. The minimum absolute atomic E-state index is 0.434. The lowest BCUT2D eigenvalue weighted by atomic mass is 9.85. The summed E-state index contributed by atoms with van der Waals surface area (Å²) in [5, 5.41) is 11.8. The van der Waals surface area contributed by atoms with Crippen LogP contribution in [0.2, 0.25) is 0 Å². The van der Waals surface area contributed by atoms with E-state index in [1.54, 1.807) is 0 Å². The Morgan fingerprint density at radius 3 is 3.05 bits per heavy atom. The summed E-state index contributed by atoms with van der Waals surface area (Å²) in [4.78, 5) is 0. The maximum atomic E-state index is 4.09. The summed E-state index contributed by atoms with van der Waals surface area (Å²) < 4.78 is 0. The number of aromatic amines is 1. The fraction of sp³-hybridized carbons (Fsp3) is 0.188. The Kier molecular flexibility index (Phi) is 2.38. The first-order valence-electron chi connectivity index (χ1n) is 6.63. The molecule has 3 nitrogen and oxygen atoms in total. The number of hydrogen-bond donors (Lipinski definition) is 2. The molecular formula is C16H15N3. The number of H-pyrrole nitrogens is 1. The highest BCUT2D eigenvalue weighted by Gasteiger charge is 2.21. The number of aromatic nitrogens is 2. The molecule has 3 aromatic rings. The van der Waals surface area contributed by atoms with Crippen LogP contribution in [0.25, 0.3) is 10.9 Å². The van der Waals surface area contributed by atoms with Crippen molar-refractivity contribution < 1.29 is 0 Å². The van der Waals surface area contributed by atoms with Gasteiger partial charge in [0.1, 0.15) is 0 Å². The third-order valence-corrected chi connectivity index (χ3v) is 3.96. The van der Waals surface area contributed by atoms with Gasteiger partial charge < -0.3 is 5.32 Å². The summed E-state index contributed by atoms with van der Waals surface area (Å²) in [5.74, 6) is 0.434. The summed E-state index contributed by atoms with van der Waals surface area (Å²) in [7, 11) is 0. The molecule has 3 heteroatoms. The SMILES string of the molecule is c1ccc2c(c1)CNCC2c1ccc2[nH]ncc2c1. The minimum atomic E-state index is 0.434. The lowest BCUT2D eigenvalue weighted by molar-refractivity contribution is 0.592. The molecule has 0 amide bonds. The minimum Gasteiger partial charge on any atom is -0.312 e. The van der Waals surface area contributed by atoms with Gasteiger partial charge in [0.25, 0.3) is 0 Å². The van der Waals surface area contributed by atoms with Gasteiger partial charge in [-0.1, -0.05) is 30.3 Å². The lowest BCUT2D eigenvalue weighted by Crippen LogP contribution is -2.28. The van der Waals surface area contributed by atoms with Crippen LogP contribution in [-0.4, -0.2) is 16.7 Å². The van der Waals surface area contributed by atoms with Crippen molar-refractivity contribution >= 4 is 10.9 Å². The second-order valence-electron chi connectivity index (χ2n) is 5.10. The molecule has 1 aliphatic rings. The van der Waals surface area contributed by atoms with Gasteiger partial charge in [0.15, 0.2) is 0 Å². The zero-order valence-corrected chi connectivity index (χ0v) is 10.6. The van der Waals surface area contributed by atoms with Crippen molar-refractivity contribution in [2.24, 2.45) is 0 Å². The highest BCUT2D eigenvalue weighted by atomic mass is 15.1. The quantitative estimate of drug-likeness (QED) is 0.696. The number of nitrogens with one attached hydrogen (secondary N) is 2. The lowest BCUT2D eigenvalue weighted by Gasteiger charge is -2.26. The Morgan fingerprint density at radius 1 is 1.11 bits per heavy atom. The normalized spacial score (nSPS) is 18.4. The average molecular weight is 249 g/mol. The van der Waals surface area contributed by atoms with Crippen LogP contribution in [0.5, 0.6) is 0 Å². The van der Waals surface area contributed by atoms with Crippen molar-refractivity contribution in [1.29, 1.82) is 0 Å². The van der Waals surface area contributed by atoms with Crippen LogP contribution in [-0.2, 0) is 6.54 Å². The fourth-order valence-corrected chi connectivity index (χ4v) is 2.97. The number of fused-ring (bicyclic) bond motifs is 2. The maximum Gasteiger partial charge on any atom is 0.0650 e. The Bertz CT molecular complexity index is 729. The number of benzene rings is 2. The average Bonchev–Trinajstić information content (AvgIpc) is 2.94. The Balaban J connectivity index is 1.84. The summed E-state index contributed by atoms with van der Waals surface area (Å²) in [6.07, 6.45) is 1.89. The topological polar surface area (TPSA) is 40.7 Å².